The molecule has 0 bridgehead atoms. The van der Waals surface area contributed by atoms with E-state index >= 15 is 0 Å². The molecule has 11 nitrogen and oxygen atoms in total. The van der Waals surface area contributed by atoms with E-state index in [0.29, 0.717) is 12.8 Å². The van der Waals surface area contributed by atoms with Gasteiger partial charge in [0.05, 0.1) is 25.4 Å². The van der Waals surface area contributed by atoms with Crippen LogP contribution in [0.25, 0.3) is 0 Å². The van der Waals surface area contributed by atoms with Crippen molar-refractivity contribution in [3.8, 4) is 0 Å². The monoisotopic (exact) mass is 900 g/mol. The maximum Gasteiger partial charge on any atom is 0.249 e. The van der Waals surface area contributed by atoms with Crippen molar-refractivity contribution in [2.75, 3.05) is 13.2 Å². The third-order valence-corrected chi connectivity index (χ3v) is 13.1. The molecule has 0 aromatic heterocycles. The molecule has 374 valence electrons. The van der Waals surface area contributed by atoms with E-state index in [4.69, 9.17) is 9.47 Å². The van der Waals surface area contributed by atoms with Crippen LogP contribution in [0.1, 0.15) is 245 Å². The van der Waals surface area contributed by atoms with E-state index in [9.17, 15) is 40.5 Å². The van der Waals surface area contributed by atoms with Gasteiger partial charge in [0.2, 0.25) is 5.91 Å². The maximum atomic E-state index is 13.1. The van der Waals surface area contributed by atoms with E-state index in [1.807, 2.05) is 0 Å². The summed E-state index contributed by atoms with van der Waals surface area (Å²) in [4.78, 5) is 13.1. The third-order valence-electron chi connectivity index (χ3n) is 13.1. The highest BCUT2D eigenvalue weighted by Crippen LogP contribution is 2.23. The molecule has 0 saturated carbocycles. The number of allylic oxidation sites excluding steroid dienone is 2. The third kappa shape index (κ3) is 31.5. The molecule has 0 aromatic rings. The molecule has 0 spiro atoms. The fourth-order valence-corrected chi connectivity index (χ4v) is 8.68. The Hall–Kier alpha value is -1.15. The lowest BCUT2D eigenvalue weighted by Crippen LogP contribution is -2.60. The SMILES string of the molecule is CCCCCCCCCCCCCCCCCCCCC/C=C/CCCC(O)C(O)C(COC1OC(CO)C(O)C(O)C1O)NC(=O)C(O)CCCCCCCCCCCCCC. The second-order valence-electron chi connectivity index (χ2n) is 19.0. The number of carbonyl (C=O) groups excluding carboxylic acids is 1. The fourth-order valence-electron chi connectivity index (χ4n) is 8.68. The van der Waals surface area contributed by atoms with Gasteiger partial charge in [-0.15, -0.1) is 0 Å². The van der Waals surface area contributed by atoms with Gasteiger partial charge >= 0.3 is 0 Å². The molecule has 1 saturated heterocycles. The van der Waals surface area contributed by atoms with E-state index in [1.54, 1.807) is 0 Å². The summed E-state index contributed by atoms with van der Waals surface area (Å²) in [5.74, 6) is -0.704. The summed E-state index contributed by atoms with van der Waals surface area (Å²) in [5.41, 5.74) is 0. The van der Waals surface area contributed by atoms with Crippen molar-refractivity contribution in [3.63, 3.8) is 0 Å². The molecule has 1 aliphatic heterocycles. The first kappa shape index (κ1) is 59.9. The summed E-state index contributed by atoms with van der Waals surface area (Å²) in [7, 11) is 0. The van der Waals surface area contributed by atoms with Crippen LogP contribution in [0.3, 0.4) is 0 Å². The first-order valence-electron chi connectivity index (χ1n) is 26.6. The number of rotatable bonds is 45. The molecule has 1 amide bonds. The minimum atomic E-state index is -1.66. The number of aliphatic hydroxyl groups is 7. The van der Waals surface area contributed by atoms with Gasteiger partial charge in [-0.25, -0.2) is 0 Å². The smallest absolute Gasteiger partial charge is 0.249 e. The molecule has 63 heavy (non-hydrogen) atoms. The van der Waals surface area contributed by atoms with Gasteiger partial charge < -0.3 is 50.5 Å². The average molecular weight is 900 g/mol. The first-order valence-corrected chi connectivity index (χ1v) is 26.6. The van der Waals surface area contributed by atoms with Gasteiger partial charge in [0, 0.05) is 0 Å². The Labute approximate surface area is 385 Å². The summed E-state index contributed by atoms with van der Waals surface area (Å²) >= 11 is 0. The summed E-state index contributed by atoms with van der Waals surface area (Å²) in [6.07, 6.45) is 35.6. The molecule has 0 aliphatic carbocycles. The Morgan fingerprint density at radius 1 is 0.540 bits per heavy atom. The van der Waals surface area contributed by atoms with Crippen LogP contribution in [0.5, 0.6) is 0 Å². The number of hydrogen-bond acceptors (Lipinski definition) is 10. The second-order valence-corrected chi connectivity index (χ2v) is 19.0. The number of amides is 1. The molecule has 9 unspecified atom stereocenters. The lowest BCUT2D eigenvalue weighted by Gasteiger charge is -2.40. The Balaban J connectivity index is 2.34. The van der Waals surface area contributed by atoms with E-state index in [-0.39, 0.29) is 12.8 Å². The number of ether oxygens (including phenoxy) is 2. The van der Waals surface area contributed by atoms with Crippen LogP contribution >= 0.6 is 0 Å². The van der Waals surface area contributed by atoms with Crippen molar-refractivity contribution in [2.45, 2.75) is 300 Å². The van der Waals surface area contributed by atoms with Gasteiger partial charge in [0.15, 0.2) is 6.29 Å². The van der Waals surface area contributed by atoms with E-state index < -0.39 is 74.2 Å². The lowest BCUT2D eigenvalue weighted by atomic mass is 9.98. The largest absolute Gasteiger partial charge is 0.394 e. The average Bonchev–Trinajstić information content (AvgIpc) is 3.28. The molecule has 0 aromatic carbocycles. The van der Waals surface area contributed by atoms with Crippen LogP contribution in [-0.4, -0.2) is 110 Å². The highest BCUT2D eigenvalue weighted by molar-refractivity contribution is 5.80. The zero-order valence-corrected chi connectivity index (χ0v) is 40.6. The minimum Gasteiger partial charge on any atom is -0.394 e. The topological polar surface area (TPSA) is 189 Å². The normalized spacial score (nSPS) is 21.2. The molecular weight excluding hydrogens is 799 g/mol. The minimum absolute atomic E-state index is 0.258. The van der Waals surface area contributed by atoms with Crippen molar-refractivity contribution in [2.24, 2.45) is 0 Å². The molecule has 11 heteroatoms. The van der Waals surface area contributed by atoms with Gasteiger partial charge in [-0.05, 0) is 38.5 Å². The van der Waals surface area contributed by atoms with Crippen LogP contribution < -0.4 is 5.32 Å². The first-order chi connectivity index (χ1) is 30.7. The van der Waals surface area contributed by atoms with Gasteiger partial charge in [-0.3, -0.25) is 4.79 Å². The second kappa shape index (κ2) is 42.2. The van der Waals surface area contributed by atoms with E-state index in [1.165, 1.54) is 167 Å². The summed E-state index contributed by atoms with van der Waals surface area (Å²) in [5, 5.41) is 75.8. The van der Waals surface area contributed by atoms with Crippen LogP contribution in [-0.2, 0) is 14.3 Å². The Bertz CT molecular complexity index is 1030. The summed E-state index contributed by atoms with van der Waals surface area (Å²) < 4.78 is 11.1. The quantitative estimate of drug-likeness (QED) is 0.0216. The Morgan fingerprint density at radius 2 is 0.937 bits per heavy atom. The van der Waals surface area contributed by atoms with Crippen LogP contribution in [0.4, 0.5) is 0 Å². The molecule has 0 radical (unpaired) electrons. The zero-order chi connectivity index (χ0) is 46.2. The highest BCUT2D eigenvalue weighted by atomic mass is 16.7. The van der Waals surface area contributed by atoms with Crippen molar-refractivity contribution in [3.05, 3.63) is 12.2 Å². The molecule has 1 fully saturated rings. The van der Waals surface area contributed by atoms with Gasteiger partial charge in [-0.2, -0.15) is 0 Å². The number of nitrogens with one attached hydrogen (secondary N) is 1. The number of unbranched alkanes of at least 4 members (excludes halogenated alkanes) is 31. The van der Waals surface area contributed by atoms with Crippen molar-refractivity contribution in [1.82, 2.24) is 5.32 Å². The number of carbonyl (C=O) groups is 1. The Morgan fingerprint density at radius 3 is 1.37 bits per heavy atom. The zero-order valence-electron chi connectivity index (χ0n) is 40.6. The van der Waals surface area contributed by atoms with Crippen LogP contribution in [0.15, 0.2) is 12.2 Å². The molecule has 8 N–H and O–H groups in total. The lowest BCUT2D eigenvalue weighted by molar-refractivity contribution is -0.303. The van der Waals surface area contributed by atoms with Gasteiger partial charge in [0.25, 0.3) is 0 Å². The van der Waals surface area contributed by atoms with Gasteiger partial charge in [0.1, 0.15) is 36.6 Å². The predicted octanol–water partition coefficient (Wildman–Crippen LogP) is 10.0. The van der Waals surface area contributed by atoms with Crippen molar-refractivity contribution < 1.29 is 50.0 Å². The molecule has 1 rings (SSSR count). The van der Waals surface area contributed by atoms with Crippen molar-refractivity contribution in [1.29, 1.82) is 0 Å². The molecule has 9 atom stereocenters. The molecule has 1 heterocycles. The fraction of sp³-hybridized carbons (Fsp3) is 0.942. The highest BCUT2D eigenvalue weighted by Gasteiger charge is 2.44. The number of aliphatic hydroxyl groups excluding tert-OH is 7. The standard InChI is InChI=1S/C52H101NO10/c1-3-5-7-9-11-13-15-17-18-19-20-21-22-23-24-25-26-27-28-30-31-33-35-37-39-44(55)47(57)43(42-62-52-50(60)49(59)48(58)46(41-54)63-52)53-51(61)45(56)40-38-36-34-32-29-16-14-12-10-8-6-4-2/h31,33,43-50,52,54-60H,3-30,32,34-42H2,1-2H3,(H,53,61)/b33-31+. The summed E-state index contributed by atoms with van der Waals surface area (Å²) in [6, 6.07) is -1.18. The van der Waals surface area contributed by atoms with E-state index in [2.05, 4.69) is 31.3 Å². The predicted molar refractivity (Wildman–Crippen MR) is 256 cm³/mol. The molecule has 1 aliphatic rings. The van der Waals surface area contributed by atoms with E-state index in [0.717, 1.165) is 38.5 Å². The molecular formula is C52H101NO10. The summed E-state index contributed by atoms with van der Waals surface area (Å²) in [6.45, 7) is 3.44. The Kier molecular flexibility index (Phi) is 40.1. The van der Waals surface area contributed by atoms with Crippen LogP contribution in [0.2, 0.25) is 0 Å². The van der Waals surface area contributed by atoms with Gasteiger partial charge in [-0.1, -0.05) is 219 Å². The maximum absolute atomic E-state index is 13.1. The number of hydrogen-bond donors (Lipinski definition) is 8. The van der Waals surface area contributed by atoms with Crippen LogP contribution in [0, 0.1) is 0 Å². The van der Waals surface area contributed by atoms with Crippen molar-refractivity contribution >= 4 is 5.91 Å².